The van der Waals surface area contributed by atoms with Crippen molar-refractivity contribution in [3.63, 3.8) is 0 Å². The minimum Gasteiger partial charge on any atom is -0.370 e. The predicted octanol–water partition coefficient (Wildman–Crippen LogP) is 1.39. The van der Waals surface area contributed by atoms with Gasteiger partial charge in [0.15, 0.2) is 0 Å². The van der Waals surface area contributed by atoms with Gasteiger partial charge in [0.2, 0.25) is 0 Å². The van der Waals surface area contributed by atoms with Gasteiger partial charge in [-0.15, -0.1) is 11.8 Å². The van der Waals surface area contributed by atoms with E-state index in [9.17, 15) is 9.59 Å². The monoisotopic (exact) mass is 291 g/mol. The van der Waals surface area contributed by atoms with Crippen molar-refractivity contribution < 1.29 is 0 Å². The lowest BCUT2D eigenvalue weighted by Crippen LogP contribution is -2.37. The number of aromatic nitrogens is 2. The van der Waals surface area contributed by atoms with E-state index >= 15 is 0 Å². The highest BCUT2D eigenvalue weighted by Crippen LogP contribution is 2.11. The molecule has 0 bridgehead atoms. The first kappa shape index (κ1) is 14.5. The lowest BCUT2D eigenvalue weighted by atomic mass is 10.2. The van der Waals surface area contributed by atoms with Gasteiger partial charge in [0.05, 0.1) is 5.88 Å². The summed E-state index contributed by atoms with van der Waals surface area (Å²) in [6.45, 7) is 0. The first-order valence-corrected chi connectivity index (χ1v) is 7.37. The summed E-state index contributed by atoms with van der Waals surface area (Å²) in [7, 11) is 3.11. The van der Waals surface area contributed by atoms with Gasteiger partial charge in [-0.05, 0) is 5.56 Å². The van der Waals surface area contributed by atoms with E-state index < -0.39 is 0 Å². The fraction of sp³-hybridized carbons (Fsp3) is 0.286. The van der Waals surface area contributed by atoms with E-state index in [1.165, 1.54) is 23.4 Å². The van der Waals surface area contributed by atoms with Crippen LogP contribution in [0.2, 0.25) is 0 Å². The smallest absolute Gasteiger partial charge is 0.330 e. The van der Waals surface area contributed by atoms with E-state index in [1.54, 1.807) is 18.8 Å². The minimum absolute atomic E-state index is 0.298. The van der Waals surface area contributed by atoms with Crippen molar-refractivity contribution in [2.24, 2.45) is 14.1 Å². The summed E-state index contributed by atoms with van der Waals surface area (Å²) in [6.07, 6.45) is 1.54. The number of anilines is 1. The van der Waals surface area contributed by atoms with Crippen LogP contribution in [0.3, 0.4) is 0 Å². The van der Waals surface area contributed by atoms with Crippen molar-refractivity contribution in [1.82, 2.24) is 9.13 Å². The molecule has 1 N–H and O–H groups in total. The maximum atomic E-state index is 11.9. The van der Waals surface area contributed by atoms with Crippen LogP contribution < -0.4 is 16.6 Å². The van der Waals surface area contributed by atoms with Gasteiger partial charge >= 0.3 is 5.69 Å². The Morgan fingerprint density at radius 1 is 1.15 bits per heavy atom. The molecule has 2 rings (SSSR count). The molecule has 0 radical (unpaired) electrons. The molecular weight excluding hydrogens is 274 g/mol. The van der Waals surface area contributed by atoms with Crippen molar-refractivity contribution >= 4 is 17.4 Å². The highest BCUT2D eigenvalue weighted by atomic mass is 32.2. The standard InChI is InChI=1S/C14H17N3O2S/c1-16-8-12(13(18)17(2)14(16)19)15-10-20-9-11-6-4-3-5-7-11/h3-8,15H,9-10H2,1-2H3. The van der Waals surface area contributed by atoms with E-state index in [-0.39, 0.29) is 11.2 Å². The summed E-state index contributed by atoms with van der Waals surface area (Å²) in [5.41, 5.74) is 1.06. The molecular formula is C14H17N3O2S. The normalized spacial score (nSPS) is 10.5. The Kier molecular flexibility index (Phi) is 4.68. The molecule has 0 amide bonds. The topological polar surface area (TPSA) is 56.0 Å². The molecule has 0 unspecified atom stereocenters. The van der Waals surface area contributed by atoms with Crippen LogP contribution in [-0.2, 0) is 19.8 Å². The number of rotatable bonds is 5. The second kappa shape index (κ2) is 6.47. The fourth-order valence-corrected chi connectivity index (χ4v) is 2.59. The first-order chi connectivity index (χ1) is 9.59. The molecule has 0 aliphatic carbocycles. The summed E-state index contributed by atoms with van der Waals surface area (Å²) < 4.78 is 2.50. The largest absolute Gasteiger partial charge is 0.370 e. The first-order valence-electron chi connectivity index (χ1n) is 6.22. The van der Waals surface area contributed by atoms with Gasteiger partial charge in [0.25, 0.3) is 5.56 Å². The number of hydrogen-bond acceptors (Lipinski definition) is 4. The zero-order chi connectivity index (χ0) is 14.5. The Bertz CT molecular complexity index is 692. The minimum atomic E-state index is -0.322. The van der Waals surface area contributed by atoms with Crippen LogP contribution >= 0.6 is 11.8 Å². The molecule has 5 nitrogen and oxygen atoms in total. The third-order valence-electron chi connectivity index (χ3n) is 2.92. The molecule has 1 aromatic carbocycles. The van der Waals surface area contributed by atoms with Gasteiger partial charge < -0.3 is 9.88 Å². The lowest BCUT2D eigenvalue weighted by Gasteiger charge is -2.09. The lowest BCUT2D eigenvalue weighted by molar-refractivity contribution is 0.688. The maximum absolute atomic E-state index is 11.9. The Morgan fingerprint density at radius 2 is 1.85 bits per heavy atom. The van der Waals surface area contributed by atoms with Gasteiger partial charge in [-0.3, -0.25) is 9.36 Å². The van der Waals surface area contributed by atoms with Crippen molar-refractivity contribution in [3.8, 4) is 0 Å². The van der Waals surface area contributed by atoms with E-state index in [0.29, 0.717) is 11.6 Å². The molecule has 106 valence electrons. The summed E-state index contributed by atoms with van der Waals surface area (Å²) in [5, 5.41) is 3.06. The van der Waals surface area contributed by atoms with Gasteiger partial charge in [-0.1, -0.05) is 30.3 Å². The molecule has 0 aliphatic rings. The van der Waals surface area contributed by atoms with Gasteiger partial charge in [0.1, 0.15) is 5.69 Å². The number of aryl methyl sites for hydroxylation is 1. The van der Waals surface area contributed by atoms with Crippen LogP contribution in [0.15, 0.2) is 46.1 Å². The molecule has 6 heteroatoms. The molecule has 2 aromatic rings. The molecule has 0 fully saturated rings. The van der Waals surface area contributed by atoms with Crippen LogP contribution in [-0.4, -0.2) is 15.0 Å². The van der Waals surface area contributed by atoms with Crippen LogP contribution in [0.4, 0.5) is 5.69 Å². The van der Waals surface area contributed by atoms with Crippen molar-refractivity contribution in [1.29, 1.82) is 0 Å². The van der Waals surface area contributed by atoms with E-state index in [0.717, 1.165) is 10.3 Å². The SMILES string of the molecule is Cn1cc(NCSCc2ccccc2)c(=O)n(C)c1=O. The number of nitrogens with zero attached hydrogens (tertiary/aromatic N) is 2. The van der Waals surface area contributed by atoms with E-state index in [4.69, 9.17) is 0 Å². The Labute approximate surface area is 121 Å². The third kappa shape index (κ3) is 3.33. The van der Waals surface area contributed by atoms with Gasteiger partial charge in [-0.25, -0.2) is 4.79 Å². The molecule has 1 aromatic heterocycles. The van der Waals surface area contributed by atoms with Crippen LogP contribution in [0.1, 0.15) is 5.56 Å². The van der Waals surface area contributed by atoms with E-state index in [2.05, 4.69) is 17.4 Å². The quantitative estimate of drug-likeness (QED) is 0.668. The van der Waals surface area contributed by atoms with Gasteiger partial charge in [0, 0.05) is 26.0 Å². The molecule has 0 saturated carbocycles. The van der Waals surface area contributed by atoms with E-state index in [1.807, 2.05) is 18.2 Å². The molecule has 0 atom stereocenters. The number of nitrogens with one attached hydrogen (secondary N) is 1. The van der Waals surface area contributed by atoms with Crippen LogP contribution in [0.5, 0.6) is 0 Å². The Hall–Kier alpha value is -1.95. The third-order valence-corrected chi connectivity index (χ3v) is 3.81. The van der Waals surface area contributed by atoms with Crippen molar-refractivity contribution in [2.75, 3.05) is 11.2 Å². The molecule has 1 heterocycles. The number of thioether (sulfide) groups is 1. The molecule has 0 saturated heterocycles. The van der Waals surface area contributed by atoms with Crippen LogP contribution in [0.25, 0.3) is 0 Å². The average Bonchev–Trinajstić information content (AvgIpc) is 2.47. The second-order valence-corrected chi connectivity index (χ2v) is 5.44. The van der Waals surface area contributed by atoms with Crippen molar-refractivity contribution in [3.05, 3.63) is 62.9 Å². The highest BCUT2D eigenvalue weighted by Gasteiger charge is 2.05. The summed E-state index contributed by atoms with van der Waals surface area (Å²) in [4.78, 5) is 23.4. The molecule has 0 spiro atoms. The zero-order valence-corrected chi connectivity index (χ0v) is 12.3. The van der Waals surface area contributed by atoms with Crippen molar-refractivity contribution in [2.45, 2.75) is 5.75 Å². The Morgan fingerprint density at radius 3 is 2.55 bits per heavy atom. The predicted molar refractivity (Wildman–Crippen MR) is 83.2 cm³/mol. The van der Waals surface area contributed by atoms with Gasteiger partial charge in [-0.2, -0.15) is 0 Å². The zero-order valence-electron chi connectivity index (χ0n) is 11.5. The molecule has 20 heavy (non-hydrogen) atoms. The fourth-order valence-electron chi connectivity index (χ4n) is 1.80. The average molecular weight is 291 g/mol. The number of hydrogen-bond donors (Lipinski definition) is 1. The summed E-state index contributed by atoms with van der Waals surface area (Å²) in [5.74, 6) is 1.49. The summed E-state index contributed by atoms with van der Waals surface area (Å²) in [6, 6.07) is 10.1. The number of benzene rings is 1. The second-order valence-electron chi connectivity index (χ2n) is 4.46. The van der Waals surface area contributed by atoms with Crippen LogP contribution in [0, 0.1) is 0 Å². The maximum Gasteiger partial charge on any atom is 0.330 e. The Balaban J connectivity index is 1.95. The highest BCUT2D eigenvalue weighted by molar-refractivity contribution is 7.98. The molecule has 0 aliphatic heterocycles. The summed E-state index contributed by atoms with van der Waals surface area (Å²) >= 11 is 1.68.